The molecule has 1 aliphatic heterocycles. The van der Waals surface area contributed by atoms with Crippen molar-refractivity contribution in [3.05, 3.63) is 99.4 Å². The molecule has 7 nitrogen and oxygen atoms in total. The molecule has 0 saturated carbocycles. The van der Waals surface area contributed by atoms with Gasteiger partial charge in [0.25, 0.3) is 0 Å². The zero-order chi connectivity index (χ0) is 26.6. The fourth-order valence-electron chi connectivity index (χ4n) is 5.01. The van der Waals surface area contributed by atoms with Crippen molar-refractivity contribution >= 4 is 23.5 Å². The van der Waals surface area contributed by atoms with Crippen molar-refractivity contribution in [1.82, 2.24) is 14.8 Å². The molecule has 1 fully saturated rings. The topological polar surface area (TPSA) is 85.8 Å². The lowest BCUT2D eigenvalue weighted by Crippen LogP contribution is -2.43. The van der Waals surface area contributed by atoms with Crippen LogP contribution in [-0.2, 0) is 30.7 Å². The number of carbonyl (C=O) groups is 2. The molecular formula is C31H34N4O3. The average molecular weight is 511 g/mol. The van der Waals surface area contributed by atoms with Crippen molar-refractivity contribution < 1.29 is 14.7 Å². The standard InChI is InChI=1S/C31H34N4O3/c1-21-3-4-23(13-27(21)18-32-28-16-25-15-26(31(37)38)17-29(25)33-19-28)14-30(36)24-7-5-22(6-8-24)20-35-11-9-34(2)10-12-35/h3-8,13,15-16,19,32H,9-12,14,17-18,20H2,1-2H3,(H,37,38). The number of fused-ring (bicyclic) bond motifs is 1. The number of carboxylic acid groups (broad SMARTS) is 1. The van der Waals surface area contributed by atoms with E-state index in [1.807, 2.05) is 24.3 Å². The maximum atomic E-state index is 13.0. The molecule has 2 N–H and O–H groups in total. The highest BCUT2D eigenvalue weighted by molar-refractivity contribution is 5.97. The van der Waals surface area contributed by atoms with Crippen LogP contribution in [0.1, 0.15) is 43.9 Å². The second kappa shape index (κ2) is 11.3. The van der Waals surface area contributed by atoms with Crippen molar-refractivity contribution in [1.29, 1.82) is 0 Å². The van der Waals surface area contributed by atoms with Crippen LogP contribution in [0.25, 0.3) is 6.08 Å². The lowest BCUT2D eigenvalue weighted by atomic mass is 9.98. The van der Waals surface area contributed by atoms with Gasteiger partial charge in [0.15, 0.2) is 5.78 Å². The van der Waals surface area contributed by atoms with E-state index in [1.54, 1.807) is 12.3 Å². The molecule has 0 atom stereocenters. The van der Waals surface area contributed by atoms with E-state index in [-0.39, 0.29) is 5.78 Å². The van der Waals surface area contributed by atoms with E-state index < -0.39 is 5.97 Å². The van der Waals surface area contributed by atoms with Gasteiger partial charge in [-0.1, -0.05) is 42.5 Å². The van der Waals surface area contributed by atoms with Crippen LogP contribution in [0.3, 0.4) is 0 Å². The lowest BCUT2D eigenvalue weighted by molar-refractivity contribution is -0.132. The Labute approximate surface area is 223 Å². The minimum atomic E-state index is -0.902. The Morgan fingerprint density at radius 3 is 2.47 bits per heavy atom. The number of aryl methyl sites for hydroxylation is 1. The number of rotatable bonds is 9. The molecule has 5 rings (SSSR count). The van der Waals surface area contributed by atoms with E-state index in [1.165, 1.54) is 5.56 Å². The van der Waals surface area contributed by atoms with E-state index in [0.29, 0.717) is 25.0 Å². The number of likely N-dealkylation sites (N-methyl/N-ethyl adjacent to an activating group) is 1. The SMILES string of the molecule is Cc1ccc(CC(=O)c2ccc(CN3CCN(C)CC3)cc2)cc1CNc1cnc2c(c1)C=C(C(=O)O)C2. The molecular weight excluding hydrogens is 476 g/mol. The van der Waals surface area contributed by atoms with Crippen LogP contribution >= 0.6 is 0 Å². The number of anilines is 1. The van der Waals surface area contributed by atoms with Gasteiger partial charge in [-0.25, -0.2) is 4.79 Å². The summed E-state index contributed by atoms with van der Waals surface area (Å²) in [5, 5.41) is 12.6. The summed E-state index contributed by atoms with van der Waals surface area (Å²) in [7, 11) is 2.16. The summed E-state index contributed by atoms with van der Waals surface area (Å²) in [5.41, 5.74) is 8.06. The Bertz CT molecular complexity index is 1370. The summed E-state index contributed by atoms with van der Waals surface area (Å²) >= 11 is 0. The largest absolute Gasteiger partial charge is 0.478 e. The highest BCUT2D eigenvalue weighted by Gasteiger charge is 2.19. The molecule has 38 heavy (non-hydrogen) atoms. The van der Waals surface area contributed by atoms with Gasteiger partial charge in [0.1, 0.15) is 0 Å². The van der Waals surface area contributed by atoms with Crippen LogP contribution in [0.15, 0.2) is 60.3 Å². The minimum Gasteiger partial charge on any atom is -0.478 e. The molecule has 0 spiro atoms. The number of Topliss-reactive ketones (excluding diaryl/α,β-unsaturated/α-hetero) is 1. The van der Waals surface area contributed by atoms with Gasteiger partial charge in [0.2, 0.25) is 0 Å². The third kappa shape index (κ3) is 6.18. The highest BCUT2D eigenvalue weighted by Crippen LogP contribution is 2.26. The summed E-state index contributed by atoms with van der Waals surface area (Å²) in [6.45, 7) is 7.92. The Morgan fingerprint density at radius 1 is 1.00 bits per heavy atom. The zero-order valence-corrected chi connectivity index (χ0v) is 22.0. The summed E-state index contributed by atoms with van der Waals surface area (Å²) in [6, 6.07) is 16.2. The summed E-state index contributed by atoms with van der Waals surface area (Å²) in [5.74, 6) is -0.788. The molecule has 2 aliphatic rings. The second-order valence-electron chi connectivity index (χ2n) is 10.4. The van der Waals surface area contributed by atoms with Crippen molar-refractivity contribution in [2.24, 2.45) is 0 Å². The Hall–Kier alpha value is -3.81. The summed E-state index contributed by atoms with van der Waals surface area (Å²) in [6.07, 6.45) is 4.15. The number of piperazine rings is 1. The molecule has 3 aromatic rings. The number of pyridine rings is 1. The van der Waals surface area contributed by atoms with Crippen molar-refractivity contribution in [3.63, 3.8) is 0 Å². The van der Waals surface area contributed by atoms with Gasteiger partial charge in [-0.15, -0.1) is 0 Å². The summed E-state index contributed by atoms with van der Waals surface area (Å²) in [4.78, 5) is 33.5. The number of hydrogen-bond acceptors (Lipinski definition) is 6. The molecule has 1 saturated heterocycles. The predicted molar refractivity (Wildman–Crippen MR) is 149 cm³/mol. The van der Waals surface area contributed by atoms with E-state index in [0.717, 1.165) is 71.9 Å². The molecule has 2 heterocycles. The fraction of sp³-hybridized carbons (Fsp3) is 0.323. The first-order valence-electron chi connectivity index (χ1n) is 13.1. The molecule has 1 aromatic heterocycles. The number of aliphatic carboxylic acids is 1. The van der Waals surface area contributed by atoms with Crippen LogP contribution in [0.2, 0.25) is 0 Å². The monoisotopic (exact) mass is 510 g/mol. The molecule has 0 radical (unpaired) electrons. The average Bonchev–Trinajstić information content (AvgIpc) is 3.35. The maximum absolute atomic E-state index is 13.0. The minimum absolute atomic E-state index is 0.114. The van der Waals surface area contributed by atoms with Gasteiger partial charge in [-0.3, -0.25) is 14.7 Å². The zero-order valence-electron chi connectivity index (χ0n) is 22.0. The van der Waals surface area contributed by atoms with Crippen molar-refractivity contribution in [3.8, 4) is 0 Å². The smallest absolute Gasteiger partial charge is 0.331 e. The molecule has 1 aliphatic carbocycles. The van der Waals surface area contributed by atoms with Gasteiger partial charge < -0.3 is 15.3 Å². The van der Waals surface area contributed by atoms with E-state index in [9.17, 15) is 14.7 Å². The Balaban J connectivity index is 1.19. The molecule has 0 unspecified atom stereocenters. The number of benzene rings is 2. The molecule has 7 heteroatoms. The first kappa shape index (κ1) is 25.8. The van der Waals surface area contributed by atoms with Crippen molar-refractivity contribution in [2.75, 3.05) is 38.5 Å². The van der Waals surface area contributed by atoms with Gasteiger partial charge in [-0.2, -0.15) is 0 Å². The molecule has 0 bridgehead atoms. The van der Waals surface area contributed by atoms with Crippen LogP contribution in [0, 0.1) is 6.92 Å². The Kier molecular flexibility index (Phi) is 7.67. The maximum Gasteiger partial charge on any atom is 0.331 e. The second-order valence-corrected chi connectivity index (χ2v) is 10.4. The normalized spacial score (nSPS) is 15.7. The van der Waals surface area contributed by atoms with Gasteiger partial charge in [0.05, 0.1) is 17.6 Å². The summed E-state index contributed by atoms with van der Waals surface area (Å²) < 4.78 is 0. The number of ketones is 1. The highest BCUT2D eigenvalue weighted by atomic mass is 16.4. The molecule has 196 valence electrons. The van der Waals surface area contributed by atoms with Gasteiger partial charge in [-0.05, 0) is 53.9 Å². The van der Waals surface area contributed by atoms with Gasteiger partial charge in [0, 0.05) is 63.2 Å². The molecule has 0 amide bonds. The number of hydrogen-bond donors (Lipinski definition) is 2. The molecule has 2 aromatic carbocycles. The number of carboxylic acids is 1. The number of carbonyl (C=O) groups excluding carboxylic acids is 1. The van der Waals surface area contributed by atoms with E-state index >= 15 is 0 Å². The van der Waals surface area contributed by atoms with E-state index in [4.69, 9.17) is 0 Å². The third-order valence-corrected chi connectivity index (χ3v) is 7.51. The van der Waals surface area contributed by atoms with E-state index in [2.05, 4.69) is 58.3 Å². The van der Waals surface area contributed by atoms with Crippen molar-refractivity contribution in [2.45, 2.75) is 32.9 Å². The predicted octanol–water partition coefficient (Wildman–Crippen LogP) is 4.20. The first-order valence-corrected chi connectivity index (χ1v) is 13.1. The number of aromatic nitrogens is 1. The van der Waals surface area contributed by atoms with Crippen LogP contribution < -0.4 is 5.32 Å². The quantitative estimate of drug-likeness (QED) is 0.417. The van der Waals surface area contributed by atoms with Gasteiger partial charge >= 0.3 is 5.97 Å². The van der Waals surface area contributed by atoms with Crippen LogP contribution in [0.4, 0.5) is 5.69 Å². The Morgan fingerprint density at radius 2 is 1.74 bits per heavy atom. The lowest BCUT2D eigenvalue weighted by Gasteiger charge is -2.32. The van der Waals surface area contributed by atoms with Crippen LogP contribution in [-0.4, -0.2) is 64.9 Å². The first-order chi connectivity index (χ1) is 18.3. The third-order valence-electron chi connectivity index (χ3n) is 7.51. The number of nitrogens with one attached hydrogen (secondary N) is 1. The number of nitrogens with zero attached hydrogens (tertiary/aromatic N) is 3. The van der Waals surface area contributed by atoms with Crippen LogP contribution in [0.5, 0.6) is 0 Å². The fourth-order valence-corrected chi connectivity index (χ4v) is 5.01.